The zero-order valence-corrected chi connectivity index (χ0v) is 19.5. The first-order chi connectivity index (χ1) is 17.1. The van der Waals surface area contributed by atoms with Crippen LogP contribution in [0.5, 0.6) is 0 Å². The van der Waals surface area contributed by atoms with E-state index in [0.29, 0.717) is 5.56 Å². The van der Waals surface area contributed by atoms with Gasteiger partial charge in [-0.25, -0.2) is 5.48 Å². The van der Waals surface area contributed by atoms with Crippen molar-refractivity contribution in [2.45, 2.75) is 6.54 Å². The van der Waals surface area contributed by atoms with Crippen molar-refractivity contribution in [2.75, 3.05) is 31.1 Å². The van der Waals surface area contributed by atoms with Gasteiger partial charge in [0.25, 0.3) is 5.91 Å². The van der Waals surface area contributed by atoms with Crippen LogP contribution in [-0.4, -0.2) is 48.0 Å². The number of piperazine rings is 1. The molecule has 1 amide bonds. The summed E-state index contributed by atoms with van der Waals surface area (Å²) < 4.78 is 0. The maximum absolute atomic E-state index is 12.8. The van der Waals surface area contributed by atoms with E-state index in [1.165, 1.54) is 11.6 Å². The number of carbonyl (C=O) groups is 2. The van der Waals surface area contributed by atoms with Gasteiger partial charge in [-0.2, -0.15) is 0 Å². The summed E-state index contributed by atoms with van der Waals surface area (Å²) in [6.07, 6.45) is 6.16. The largest absolute Gasteiger partial charge is 0.369 e. The normalized spacial score (nSPS) is 14.5. The van der Waals surface area contributed by atoms with Crippen molar-refractivity contribution < 1.29 is 14.8 Å². The van der Waals surface area contributed by atoms with Gasteiger partial charge < -0.3 is 4.90 Å². The Labute approximate surface area is 205 Å². The molecule has 1 heterocycles. The number of ketones is 1. The van der Waals surface area contributed by atoms with Gasteiger partial charge in [-0.15, -0.1) is 0 Å². The van der Waals surface area contributed by atoms with E-state index in [-0.39, 0.29) is 5.78 Å². The molecule has 1 fully saturated rings. The lowest BCUT2D eigenvalue weighted by atomic mass is 10.1. The summed E-state index contributed by atoms with van der Waals surface area (Å²) in [4.78, 5) is 28.8. The molecular formula is C29H29N3O3. The van der Waals surface area contributed by atoms with Gasteiger partial charge in [0, 0.05) is 50.1 Å². The maximum atomic E-state index is 12.8. The third-order valence-electron chi connectivity index (χ3n) is 5.99. The van der Waals surface area contributed by atoms with Gasteiger partial charge in [0.2, 0.25) is 0 Å². The van der Waals surface area contributed by atoms with Gasteiger partial charge in [-0.05, 0) is 47.0 Å². The fourth-order valence-corrected chi connectivity index (χ4v) is 4.11. The number of nitrogens with one attached hydrogen (secondary N) is 1. The Balaban J connectivity index is 1.36. The SMILES string of the molecule is O=C(C=Cc1cccc(C=CC(=O)c2cccc(N3CCN(Cc4ccccc4)CC3)c2)c1)NO. The molecule has 0 spiro atoms. The van der Waals surface area contributed by atoms with E-state index in [9.17, 15) is 9.59 Å². The minimum atomic E-state index is -0.599. The molecule has 6 nitrogen and oxygen atoms in total. The first-order valence-electron chi connectivity index (χ1n) is 11.7. The second-order valence-electron chi connectivity index (χ2n) is 8.48. The number of rotatable bonds is 8. The van der Waals surface area contributed by atoms with Crippen LogP contribution >= 0.6 is 0 Å². The van der Waals surface area contributed by atoms with Crippen molar-refractivity contribution in [1.82, 2.24) is 10.4 Å². The average molecular weight is 468 g/mol. The highest BCUT2D eigenvalue weighted by Crippen LogP contribution is 2.20. The van der Waals surface area contributed by atoms with Crippen molar-refractivity contribution in [3.63, 3.8) is 0 Å². The monoisotopic (exact) mass is 467 g/mol. The predicted octanol–water partition coefficient (Wildman–Crippen LogP) is 4.42. The number of nitrogens with zero attached hydrogens (tertiary/aromatic N) is 2. The summed E-state index contributed by atoms with van der Waals surface area (Å²) >= 11 is 0. The second-order valence-corrected chi connectivity index (χ2v) is 8.48. The highest BCUT2D eigenvalue weighted by Gasteiger charge is 2.18. The molecular weight excluding hydrogens is 438 g/mol. The lowest BCUT2D eigenvalue weighted by Gasteiger charge is -2.36. The smallest absolute Gasteiger partial charge is 0.267 e. The Morgan fingerprint density at radius 1 is 0.800 bits per heavy atom. The van der Waals surface area contributed by atoms with Crippen molar-refractivity contribution in [2.24, 2.45) is 0 Å². The molecule has 3 aromatic carbocycles. The predicted molar refractivity (Wildman–Crippen MR) is 139 cm³/mol. The van der Waals surface area contributed by atoms with E-state index in [1.54, 1.807) is 23.7 Å². The van der Waals surface area contributed by atoms with E-state index in [1.807, 2.05) is 48.5 Å². The molecule has 0 aliphatic carbocycles. The summed E-state index contributed by atoms with van der Waals surface area (Å²) in [5, 5.41) is 8.59. The molecule has 6 heteroatoms. The first-order valence-corrected chi connectivity index (χ1v) is 11.7. The Morgan fingerprint density at radius 3 is 2.20 bits per heavy atom. The molecule has 35 heavy (non-hydrogen) atoms. The minimum absolute atomic E-state index is 0.0600. The van der Waals surface area contributed by atoms with Crippen LogP contribution in [0.25, 0.3) is 12.2 Å². The fraction of sp³-hybridized carbons (Fsp3) is 0.172. The summed E-state index contributed by atoms with van der Waals surface area (Å²) in [5.41, 5.74) is 6.24. The van der Waals surface area contributed by atoms with Gasteiger partial charge >= 0.3 is 0 Å². The highest BCUT2D eigenvalue weighted by atomic mass is 16.5. The lowest BCUT2D eigenvalue weighted by molar-refractivity contribution is -0.124. The van der Waals surface area contributed by atoms with Crippen LogP contribution in [0.2, 0.25) is 0 Å². The van der Waals surface area contributed by atoms with Crippen molar-refractivity contribution >= 4 is 29.5 Å². The molecule has 178 valence electrons. The third kappa shape index (κ3) is 6.99. The molecule has 1 aliphatic rings. The molecule has 0 aromatic heterocycles. The summed E-state index contributed by atoms with van der Waals surface area (Å²) in [5.74, 6) is -0.659. The number of anilines is 1. The van der Waals surface area contributed by atoms with Gasteiger partial charge in [0.1, 0.15) is 0 Å². The quantitative estimate of drug-likeness (QED) is 0.222. The lowest BCUT2D eigenvalue weighted by Crippen LogP contribution is -2.46. The second kappa shape index (κ2) is 11.9. The Kier molecular flexibility index (Phi) is 8.22. The highest BCUT2D eigenvalue weighted by molar-refractivity contribution is 6.07. The fourth-order valence-electron chi connectivity index (χ4n) is 4.11. The van der Waals surface area contributed by atoms with Crippen LogP contribution < -0.4 is 10.4 Å². The van der Waals surface area contributed by atoms with Crippen molar-refractivity contribution in [3.8, 4) is 0 Å². The maximum Gasteiger partial charge on any atom is 0.267 e. The topological polar surface area (TPSA) is 72.9 Å². The number of hydrogen-bond acceptors (Lipinski definition) is 5. The van der Waals surface area contributed by atoms with Crippen LogP contribution in [0, 0.1) is 0 Å². The third-order valence-corrected chi connectivity index (χ3v) is 5.99. The zero-order valence-electron chi connectivity index (χ0n) is 19.5. The van der Waals surface area contributed by atoms with Crippen LogP contribution in [0.3, 0.4) is 0 Å². The molecule has 0 bridgehead atoms. The minimum Gasteiger partial charge on any atom is -0.369 e. The van der Waals surface area contributed by atoms with Gasteiger partial charge in [-0.1, -0.05) is 66.7 Å². The van der Waals surface area contributed by atoms with Gasteiger partial charge in [0.15, 0.2) is 5.78 Å². The van der Waals surface area contributed by atoms with E-state index < -0.39 is 5.91 Å². The Morgan fingerprint density at radius 2 is 1.49 bits per heavy atom. The molecule has 0 radical (unpaired) electrons. The molecule has 4 rings (SSSR count). The average Bonchev–Trinajstić information content (AvgIpc) is 2.91. The number of amides is 1. The van der Waals surface area contributed by atoms with Crippen LogP contribution in [-0.2, 0) is 11.3 Å². The van der Waals surface area contributed by atoms with Crippen LogP contribution in [0.15, 0.2) is 91.0 Å². The van der Waals surface area contributed by atoms with Crippen LogP contribution in [0.4, 0.5) is 5.69 Å². The molecule has 1 saturated heterocycles. The van der Waals surface area contributed by atoms with E-state index >= 15 is 0 Å². The number of hydroxylamine groups is 1. The number of hydrogen-bond donors (Lipinski definition) is 2. The summed E-state index contributed by atoms with van der Waals surface area (Å²) in [7, 11) is 0. The molecule has 0 saturated carbocycles. The number of allylic oxidation sites excluding steroid dienone is 1. The van der Waals surface area contributed by atoms with E-state index in [0.717, 1.165) is 49.5 Å². The van der Waals surface area contributed by atoms with E-state index in [4.69, 9.17) is 5.21 Å². The van der Waals surface area contributed by atoms with Gasteiger partial charge in [-0.3, -0.25) is 19.7 Å². The van der Waals surface area contributed by atoms with E-state index in [2.05, 4.69) is 40.1 Å². The number of benzene rings is 3. The van der Waals surface area contributed by atoms with Crippen molar-refractivity contribution in [3.05, 3.63) is 113 Å². The van der Waals surface area contributed by atoms with Crippen LogP contribution in [0.1, 0.15) is 27.0 Å². The zero-order chi connectivity index (χ0) is 24.5. The van der Waals surface area contributed by atoms with Crippen molar-refractivity contribution in [1.29, 1.82) is 0 Å². The Bertz CT molecular complexity index is 1210. The molecule has 0 atom stereocenters. The summed E-state index contributed by atoms with van der Waals surface area (Å²) in [6, 6.07) is 25.8. The molecule has 1 aliphatic heterocycles. The Hall–Kier alpha value is -4.00. The molecule has 2 N–H and O–H groups in total. The molecule has 3 aromatic rings. The summed E-state index contributed by atoms with van der Waals surface area (Å²) in [6.45, 7) is 4.78. The van der Waals surface area contributed by atoms with Gasteiger partial charge in [0.05, 0.1) is 0 Å². The number of carbonyl (C=O) groups excluding carboxylic acids is 2. The molecule has 0 unspecified atom stereocenters. The standard InChI is InChI=1S/C29H29N3O3/c33-28(14-12-23-8-4-9-24(20-23)13-15-29(34)30-35)26-10-5-11-27(21-26)32-18-16-31(17-19-32)22-25-6-2-1-3-7-25/h1-15,20-21,35H,16-19,22H2,(H,30,34). The first kappa shape index (κ1) is 24.1.